The smallest absolute Gasteiger partial charge is 0.305 e. The Morgan fingerprint density at radius 2 is 2.03 bits per heavy atom. The van der Waals surface area contributed by atoms with Gasteiger partial charge in [0, 0.05) is 25.8 Å². The molecule has 1 amide bonds. The first kappa shape index (κ1) is 19.6. The molecule has 1 N–H and O–H groups in total. The summed E-state index contributed by atoms with van der Waals surface area (Å²) in [7, 11) is 0. The first-order chi connectivity index (χ1) is 14.0. The van der Waals surface area contributed by atoms with Crippen LogP contribution in [0.15, 0.2) is 34.1 Å². The molecule has 0 unspecified atom stereocenters. The average molecular weight is 431 g/mol. The molecular weight excluding hydrogens is 412 g/mol. The first-order valence-corrected chi connectivity index (χ1v) is 10.4. The van der Waals surface area contributed by atoms with Crippen molar-refractivity contribution in [1.29, 1.82) is 0 Å². The summed E-state index contributed by atoms with van der Waals surface area (Å²) >= 11 is 6.31. The normalized spacial score (nSPS) is 18.4. The molecule has 2 saturated heterocycles. The summed E-state index contributed by atoms with van der Waals surface area (Å²) < 4.78 is 1.75. The van der Waals surface area contributed by atoms with Crippen LogP contribution >= 0.6 is 24.0 Å². The number of fused-ring (bicyclic) bond motifs is 1. The fourth-order valence-electron chi connectivity index (χ4n) is 3.42. The lowest BCUT2D eigenvalue weighted by molar-refractivity contribution is -0.137. The number of carboxylic acid groups (broad SMARTS) is 1. The third-order valence-corrected chi connectivity index (χ3v) is 6.23. The molecular formula is C19H18N4O4S2. The van der Waals surface area contributed by atoms with Gasteiger partial charge in [-0.1, -0.05) is 30.0 Å². The molecule has 0 radical (unpaired) electrons. The highest BCUT2D eigenvalue weighted by molar-refractivity contribution is 8.26. The van der Waals surface area contributed by atoms with Crippen LogP contribution in [0.1, 0.15) is 24.8 Å². The summed E-state index contributed by atoms with van der Waals surface area (Å²) in [5.41, 5.74) is 0.633. The molecule has 4 rings (SSSR count). The Labute approximate surface area is 175 Å². The molecule has 2 aliphatic rings. The van der Waals surface area contributed by atoms with E-state index in [2.05, 4.69) is 9.88 Å². The number of pyridine rings is 1. The molecule has 0 bridgehead atoms. The number of aliphatic carboxylic acids is 1. The van der Waals surface area contributed by atoms with Crippen molar-refractivity contribution in [2.75, 3.05) is 24.5 Å². The quantitative estimate of drug-likeness (QED) is 0.568. The molecule has 0 aromatic carbocycles. The first-order valence-electron chi connectivity index (χ1n) is 9.19. The van der Waals surface area contributed by atoms with Crippen LogP contribution < -0.4 is 10.5 Å². The molecule has 0 atom stereocenters. The second-order valence-electron chi connectivity index (χ2n) is 6.75. The lowest BCUT2D eigenvalue weighted by atomic mass is 10.2. The van der Waals surface area contributed by atoms with E-state index >= 15 is 0 Å². The van der Waals surface area contributed by atoms with Crippen molar-refractivity contribution in [2.45, 2.75) is 19.3 Å². The number of hydrogen-bond acceptors (Lipinski definition) is 7. The highest BCUT2D eigenvalue weighted by Crippen LogP contribution is 2.34. The van der Waals surface area contributed by atoms with E-state index in [1.54, 1.807) is 24.4 Å². The highest BCUT2D eigenvalue weighted by Gasteiger charge is 2.33. The highest BCUT2D eigenvalue weighted by atomic mass is 32.2. The van der Waals surface area contributed by atoms with Gasteiger partial charge in [-0.15, -0.1) is 0 Å². The number of nitrogens with zero attached hydrogens (tertiary/aromatic N) is 4. The molecule has 0 aliphatic carbocycles. The number of carbonyl (C=O) groups is 2. The van der Waals surface area contributed by atoms with Crippen molar-refractivity contribution in [1.82, 2.24) is 14.3 Å². The fraction of sp³-hybridized carbons (Fsp3) is 0.316. The van der Waals surface area contributed by atoms with Crippen molar-refractivity contribution in [3.05, 3.63) is 45.2 Å². The van der Waals surface area contributed by atoms with Crippen LogP contribution in [0.4, 0.5) is 5.82 Å². The summed E-state index contributed by atoms with van der Waals surface area (Å²) in [5, 5.41) is 8.88. The fourth-order valence-corrected chi connectivity index (χ4v) is 4.71. The Balaban J connectivity index is 1.79. The molecule has 2 fully saturated rings. The van der Waals surface area contributed by atoms with E-state index in [9.17, 15) is 14.4 Å². The predicted molar refractivity (Wildman–Crippen MR) is 115 cm³/mol. The number of carboxylic acids is 1. The molecule has 29 heavy (non-hydrogen) atoms. The Kier molecular flexibility index (Phi) is 5.37. The summed E-state index contributed by atoms with van der Waals surface area (Å²) in [6, 6.07) is 5.35. The van der Waals surface area contributed by atoms with Crippen molar-refractivity contribution >= 4 is 57.7 Å². The van der Waals surface area contributed by atoms with Crippen LogP contribution in [-0.4, -0.2) is 55.2 Å². The van der Waals surface area contributed by atoms with Crippen molar-refractivity contribution in [3.63, 3.8) is 0 Å². The van der Waals surface area contributed by atoms with E-state index in [-0.39, 0.29) is 24.4 Å². The Hall–Kier alpha value is -2.72. The maximum Gasteiger partial charge on any atom is 0.305 e. The van der Waals surface area contributed by atoms with Crippen LogP contribution in [0.2, 0.25) is 0 Å². The van der Waals surface area contributed by atoms with Crippen LogP contribution in [0.25, 0.3) is 11.7 Å². The third kappa shape index (κ3) is 3.77. The summed E-state index contributed by atoms with van der Waals surface area (Å²) in [6.45, 7) is 1.61. The lowest BCUT2D eigenvalue weighted by Gasteiger charge is -2.19. The minimum absolute atomic E-state index is 0.00523. The molecule has 4 heterocycles. The topological polar surface area (TPSA) is 95.2 Å². The molecule has 0 spiro atoms. The lowest BCUT2D eigenvalue weighted by Crippen LogP contribution is -2.30. The van der Waals surface area contributed by atoms with Crippen LogP contribution in [0, 0.1) is 0 Å². The largest absolute Gasteiger partial charge is 0.481 e. The van der Waals surface area contributed by atoms with Gasteiger partial charge < -0.3 is 10.0 Å². The van der Waals surface area contributed by atoms with Gasteiger partial charge in [0.1, 0.15) is 15.8 Å². The zero-order valence-electron chi connectivity index (χ0n) is 15.4. The third-order valence-electron chi connectivity index (χ3n) is 4.85. The Morgan fingerprint density at radius 3 is 2.76 bits per heavy atom. The van der Waals surface area contributed by atoms with E-state index in [0.29, 0.717) is 26.3 Å². The molecule has 150 valence electrons. The van der Waals surface area contributed by atoms with E-state index < -0.39 is 5.97 Å². The van der Waals surface area contributed by atoms with E-state index in [1.165, 1.54) is 9.30 Å². The molecule has 2 aromatic rings. The van der Waals surface area contributed by atoms with Gasteiger partial charge in [-0.2, -0.15) is 0 Å². The van der Waals surface area contributed by atoms with Gasteiger partial charge in [-0.25, -0.2) is 4.98 Å². The van der Waals surface area contributed by atoms with Gasteiger partial charge in [0.2, 0.25) is 0 Å². The molecule has 2 aromatic heterocycles. The van der Waals surface area contributed by atoms with Gasteiger partial charge in [0.15, 0.2) is 0 Å². The molecule has 10 heteroatoms. The standard InChI is InChI=1S/C19H18N4O4S2/c24-15(25)6-10-23-18(27)13(29-19(23)28)11-12-16(21-7-3-4-8-21)20-14-5-1-2-9-22(14)17(12)26/h1-2,5,9,11H,3-4,6-8,10H2,(H,24,25). The minimum atomic E-state index is -1.00. The van der Waals surface area contributed by atoms with Crippen LogP contribution in [0.5, 0.6) is 0 Å². The summed E-state index contributed by atoms with van der Waals surface area (Å²) in [4.78, 5) is 45.1. The molecule has 0 saturated carbocycles. The second kappa shape index (κ2) is 7.96. The van der Waals surface area contributed by atoms with Crippen LogP contribution in [0.3, 0.4) is 0 Å². The molecule has 8 nitrogen and oxygen atoms in total. The van der Waals surface area contributed by atoms with Crippen LogP contribution in [-0.2, 0) is 9.59 Å². The number of carbonyl (C=O) groups excluding carboxylic acids is 1. The van der Waals surface area contributed by atoms with E-state index in [1.807, 2.05) is 6.07 Å². The SMILES string of the molecule is O=C(O)CCN1C(=O)C(=Cc2c(N3CCCC3)nc3ccccn3c2=O)SC1=S. The van der Waals surface area contributed by atoms with Crippen molar-refractivity contribution in [2.24, 2.45) is 0 Å². The second-order valence-corrected chi connectivity index (χ2v) is 8.43. The summed E-state index contributed by atoms with van der Waals surface area (Å²) in [5.74, 6) is -0.822. The monoisotopic (exact) mass is 430 g/mol. The van der Waals surface area contributed by atoms with E-state index in [0.717, 1.165) is 37.7 Å². The molecule has 2 aliphatic heterocycles. The van der Waals surface area contributed by atoms with Gasteiger partial charge in [-0.05, 0) is 31.1 Å². The zero-order valence-corrected chi connectivity index (χ0v) is 17.0. The number of anilines is 1. The predicted octanol–water partition coefficient (Wildman–Crippen LogP) is 1.97. The zero-order chi connectivity index (χ0) is 20.5. The van der Waals surface area contributed by atoms with Crippen molar-refractivity contribution in [3.8, 4) is 0 Å². The van der Waals surface area contributed by atoms with E-state index in [4.69, 9.17) is 17.3 Å². The number of hydrogen-bond donors (Lipinski definition) is 1. The number of amides is 1. The van der Waals surface area contributed by atoms with Gasteiger partial charge in [0.25, 0.3) is 11.5 Å². The average Bonchev–Trinajstić information content (AvgIpc) is 3.31. The summed E-state index contributed by atoms with van der Waals surface area (Å²) in [6.07, 6.45) is 5.04. The number of aromatic nitrogens is 2. The van der Waals surface area contributed by atoms with Gasteiger partial charge >= 0.3 is 5.97 Å². The number of thiocarbonyl (C=S) groups is 1. The van der Waals surface area contributed by atoms with Crippen molar-refractivity contribution < 1.29 is 14.7 Å². The number of rotatable bonds is 5. The van der Waals surface area contributed by atoms with Gasteiger partial charge in [0.05, 0.1) is 16.9 Å². The number of thioether (sulfide) groups is 1. The minimum Gasteiger partial charge on any atom is -0.481 e. The Bertz CT molecular complexity index is 1110. The van der Waals surface area contributed by atoms with Gasteiger partial charge in [-0.3, -0.25) is 23.7 Å². The maximum atomic E-state index is 13.2. The maximum absolute atomic E-state index is 13.2. The Morgan fingerprint density at radius 1 is 1.28 bits per heavy atom.